The number of thiazole rings is 1. The lowest BCUT2D eigenvalue weighted by molar-refractivity contribution is -0.124. The van der Waals surface area contributed by atoms with E-state index in [4.69, 9.17) is 4.98 Å². The molecule has 2 aromatic rings. The van der Waals surface area contributed by atoms with E-state index in [-0.39, 0.29) is 24.2 Å². The minimum absolute atomic E-state index is 0. The lowest BCUT2D eigenvalue weighted by atomic mass is 9.84. The SMILES string of the molecule is CCN(CC)CCN(C(=O)C1CCC1)c1nc2c(C)cc(C)cc2s1.Cl. The largest absolute Gasteiger partial charge is 0.302 e. The fraction of sp³-hybridized carbons (Fsp3) is 0.600. The van der Waals surface area contributed by atoms with Crippen LogP contribution in [-0.4, -0.2) is 42.0 Å². The molecule has 1 aliphatic rings. The normalized spacial score (nSPS) is 14.3. The van der Waals surface area contributed by atoms with Crippen LogP contribution in [0.3, 0.4) is 0 Å². The van der Waals surface area contributed by atoms with Gasteiger partial charge in [0.05, 0.1) is 10.2 Å². The average molecular weight is 396 g/mol. The van der Waals surface area contributed by atoms with Gasteiger partial charge in [0.25, 0.3) is 0 Å². The van der Waals surface area contributed by atoms with Crippen molar-refractivity contribution < 1.29 is 4.79 Å². The van der Waals surface area contributed by atoms with E-state index in [1.807, 2.05) is 4.90 Å². The third-order valence-electron chi connectivity index (χ3n) is 5.30. The van der Waals surface area contributed by atoms with Crippen LogP contribution in [0.2, 0.25) is 0 Å². The first kappa shape index (κ1) is 21.1. The van der Waals surface area contributed by atoms with E-state index in [2.05, 4.69) is 44.7 Å². The van der Waals surface area contributed by atoms with Crippen LogP contribution in [0.25, 0.3) is 10.2 Å². The van der Waals surface area contributed by atoms with Crippen molar-refractivity contribution in [1.82, 2.24) is 9.88 Å². The zero-order valence-electron chi connectivity index (χ0n) is 16.2. The molecule has 1 aromatic heterocycles. The summed E-state index contributed by atoms with van der Waals surface area (Å²) in [6.07, 6.45) is 3.24. The molecule has 1 heterocycles. The molecule has 1 fully saturated rings. The van der Waals surface area contributed by atoms with Crippen molar-refractivity contribution >= 4 is 45.0 Å². The Morgan fingerprint density at radius 2 is 1.88 bits per heavy atom. The molecule has 144 valence electrons. The second kappa shape index (κ2) is 9.16. The highest BCUT2D eigenvalue weighted by molar-refractivity contribution is 7.22. The second-order valence-corrected chi connectivity index (χ2v) is 8.08. The standard InChI is InChI=1S/C20H29N3OS.ClH/c1-5-22(6-2)10-11-23(19(24)16-8-7-9-16)20-21-18-15(4)12-14(3)13-17(18)25-20;/h12-13,16H,5-11H2,1-4H3;1H. The van der Waals surface area contributed by atoms with Crippen LogP contribution >= 0.6 is 23.7 Å². The Hall–Kier alpha value is -1.17. The van der Waals surface area contributed by atoms with Crippen LogP contribution < -0.4 is 4.90 Å². The van der Waals surface area contributed by atoms with Gasteiger partial charge < -0.3 is 4.90 Å². The van der Waals surface area contributed by atoms with Gasteiger partial charge in [0.1, 0.15) is 0 Å². The maximum atomic E-state index is 13.0. The molecule has 0 aliphatic heterocycles. The molecule has 1 saturated carbocycles. The minimum Gasteiger partial charge on any atom is -0.302 e. The van der Waals surface area contributed by atoms with Crippen molar-refractivity contribution in [3.05, 3.63) is 23.3 Å². The number of carbonyl (C=O) groups excluding carboxylic acids is 1. The predicted octanol–water partition coefficient (Wildman–Crippen LogP) is 4.81. The van der Waals surface area contributed by atoms with Crippen molar-refractivity contribution in [2.45, 2.75) is 47.0 Å². The Balaban J connectivity index is 0.00000243. The first-order valence-electron chi connectivity index (χ1n) is 9.45. The predicted molar refractivity (Wildman–Crippen MR) is 114 cm³/mol. The maximum absolute atomic E-state index is 13.0. The van der Waals surface area contributed by atoms with Crippen LogP contribution in [0.4, 0.5) is 5.13 Å². The summed E-state index contributed by atoms with van der Waals surface area (Å²) in [5.74, 6) is 0.471. The molecule has 0 unspecified atom stereocenters. The lowest BCUT2D eigenvalue weighted by Crippen LogP contribution is -2.43. The highest BCUT2D eigenvalue weighted by Crippen LogP contribution is 2.35. The van der Waals surface area contributed by atoms with E-state index in [0.717, 1.165) is 49.7 Å². The molecular formula is C20H30ClN3OS. The van der Waals surface area contributed by atoms with E-state index in [1.54, 1.807) is 11.3 Å². The van der Waals surface area contributed by atoms with Gasteiger partial charge in [-0.05, 0) is 57.0 Å². The monoisotopic (exact) mass is 395 g/mol. The summed E-state index contributed by atoms with van der Waals surface area (Å²) in [6.45, 7) is 12.2. The third kappa shape index (κ3) is 4.38. The van der Waals surface area contributed by atoms with Crippen molar-refractivity contribution in [1.29, 1.82) is 0 Å². The smallest absolute Gasteiger partial charge is 0.231 e. The molecule has 0 radical (unpaired) electrons. The first-order valence-corrected chi connectivity index (χ1v) is 10.3. The molecule has 6 heteroatoms. The van der Waals surface area contributed by atoms with E-state index < -0.39 is 0 Å². The number of halogens is 1. The van der Waals surface area contributed by atoms with Crippen LogP contribution in [0.5, 0.6) is 0 Å². The topological polar surface area (TPSA) is 36.4 Å². The number of benzene rings is 1. The molecule has 0 N–H and O–H groups in total. The maximum Gasteiger partial charge on any atom is 0.231 e. The number of amides is 1. The van der Waals surface area contributed by atoms with E-state index in [0.29, 0.717) is 0 Å². The fourth-order valence-corrected chi connectivity index (χ4v) is 4.60. The minimum atomic E-state index is 0. The van der Waals surface area contributed by atoms with Crippen LogP contribution in [0.15, 0.2) is 12.1 Å². The summed E-state index contributed by atoms with van der Waals surface area (Å²) in [7, 11) is 0. The number of fused-ring (bicyclic) bond motifs is 1. The molecule has 1 amide bonds. The number of aromatic nitrogens is 1. The number of hydrogen-bond donors (Lipinski definition) is 0. The van der Waals surface area contributed by atoms with Gasteiger partial charge in [-0.3, -0.25) is 9.69 Å². The molecule has 4 nitrogen and oxygen atoms in total. The van der Waals surface area contributed by atoms with Gasteiger partial charge >= 0.3 is 0 Å². The molecule has 0 spiro atoms. The number of anilines is 1. The highest BCUT2D eigenvalue weighted by Gasteiger charge is 2.31. The molecule has 0 bridgehead atoms. The van der Waals surface area contributed by atoms with E-state index in [1.165, 1.54) is 22.2 Å². The van der Waals surface area contributed by atoms with Crippen LogP contribution in [0.1, 0.15) is 44.2 Å². The fourth-order valence-electron chi connectivity index (χ4n) is 3.43. The number of aryl methyl sites for hydroxylation is 2. The van der Waals surface area contributed by atoms with Crippen LogP contribution in [-0.2, 0) is 4.79 Å². The van der Waals surface area contributed by atoms with Crippen molar-refractivity contribution in [3.63, 3.8) is 0 Å². The molecule has 1 aromatic carbocycles. The number of likely N-dealkylation sites (N-methyl/N-ethyl adjacent to an activating group) is 1. The Morgan fingerprint density at radius 3 is 2.46 bits per heavy atom. The van der Waals surface area contributed by atoms with Gasteiger partial charge in [-0.25, -0.2) is 4.98 Å². The van der Waals surface area contributed by atoms with Gasteiger partial charge in [0, 0.05) is 19.0 Å². The van der Waals surface area contributed by atoms with Gasteiger partial charge in [0.2, 0.25) is 5.91 Å². The Bertz CT molecular complexity index is 753. The summed E-state index contributed by atoms with van der Waals surface area (Å²) in [5.41, 5.74) is 3.48. The highest BCUT2D eigenvalue weighted by atomic mass is 35.5. The summed E-state index contributed by atoms with van der Waals surface area (Å²) in [6, 6.07) is 4.35. The number of nitrogens with zero attached hydrogens (tertiary/aromatic N) is 3. The van der Waals surface area contributed by atoms with Crippen LogP contribution in [0, 0.1) is 19.8 Å². The quantitative estimate of drug-likeness (QED) is 0.674. The molecule has 26 heavy (non-hydrogen) atoms. The first-order chi connectivity index (χ1) is 12.0. The van der Waals surface area contributed by atoms with Gasteiger partial charge in [-0.2, -0.15) is 0 Å². The summed E-state index contributed by atoms with van der Waals surface area (Å²) < 4.78 is 1.18. The Labute approximate surface area is 167 Å². The Kier molecular flexibility index (Phi) is 7.44. The summed E-state index contributed by atoms with van der Waals surface area (Å²) in [4.78, 5) is 22.2. The number of rotatable bonds is 7. The molecule has 3 rings (SSSR count). The lowest BCUT2D eigenvalue weighted by Gasteiger charge is -2.31. The number of hydrogen-bond acceptors (Lipinski definition) is 4. The van der Waals surface area contributed by atoms with E-state index in [9.17, 15) is 4.79 Å². The van der Waals surface area contributed by atoms with Gasteiger partial charge in [-0.1, -0.05) is 37.7 Å². The third-order valence-corrected chi connectivity index (χ3v) is 6.33. The Morgan fingerprint density at radius 1 is 1.19 bits per heavy atom. The molecule has 0 saturated heterocycles. The van der Waals surface area contributed by atoms with Gasteiger partial charge in [0.15, 0.2) is 5.13 Å². The zero-order valence-corrected chi connectivity index (χ0v) is 17.9. The summed E-state index contributed by atoms with van der Waals surface area (Å²) in [5, 5.41) is 0.868. The molecule has 1 aliphatic carbocycles. The zero-order chi connectivity index (χ0) is 18.0. The molecule has 0 atom stereocenters. The number of carbonyl (C=O) groups is 1. The van der Waals surface area contributed by atoms with Crippen molar-refractivity contribution in [3.8, 4) is 0 Å². The van der Waals surface area contributed by atoms with Gasteiger partial charge in [-0.15, -0.1) is 12.4 Å². The average Bonchev–Trinajstić information content (AvgIpc) is 2.93. The van der Waals surface area contributed by atoms with Crippen molar-refractivity contribution in [2.75, 3.05) is 31.1 Å². The van der Waals surface area contributed by atoms with Crippen molar-refractivity contribution in [2.24, 2.45) is 5.92 Å². The van der Waals surface area contributed by atoms with E-state index >= 15 is 0 Å². The molecular weight excluding hydrogens is 366 g/mol. The second-order valence-electron chi connectivity index (χ2n) is 7.07. The summed E-state index contributed by atoms with van der Waals surface area (Å²) >= 11 is 1.66.